The number of aromatic amines is 1. The molecule has 1 aromatic carbocycles. The number of ether oxygens (including phenoxy) is 1. The molecule has 0 aliphatic carbocycles. The highest BCUT2D eigenvalue weighted by molar-refractivity contribution is 8.00. The average molecular weight is 375 g/mol. The third kappa shape index (κ3) is 3.67. The molecule has 2 atom stereocenters. The molecule has 0 spiro atoms. The molecule has 0 saturated carbocycles. The SMILES string of the molecule is CCC(C)n1[nH]c(=O)c2c1NC(=O)CSC2c1ccc(OC(C)C)cc1. The number of carbonyl (C=O) groups is 1. The molecule has 1 aromatic heterocycles. The summed E-state index contributed by atoms with van der Waals surface area (Å²) in [5.74, 6) is 1.60. The highest BCUT2D eigenvalue weighted by Crippen LogP contribution is 2.40. The van der Waals surface area contributed by atoms with Gasteiger partial charge in [-0.2, -0.15) is 0 Å². The second kappa shape index (κ2) is 7.61. The van der Waals surface area contributed by atoms with Crippen LogP contribution < -0.4 is 15.6 Å². The van der Waals surface area contributed by atoms with Crippen molar-refractivity contribution in [2.75, 3.05) is 11.1 Å². The van der Waals surface area contributed by atoms with Crippen LogP contribution in [0, 0.1) is 0 Å². The molecule has 140 valence electrons. The molecule has 0 radical (unpaired) electrons. The second-order valence-electron chi connectivity index (χ2n) is 6.81. The Morgan fingerprint density at radius 1 is 1.23 bits per heavy atom. The van der Waals surface area contributed by atoms with E-state index in [0.29, 0.717) is 17.1 Å². The Kier molecular flexibility index (Phi) is 5.46. The third-order valence-corrected chi connectivity index (χ3v) is 5.72. The summed E-state index contributed by atoms with van der Waals surface area (Å²) < 4.78 is 7.48. The lowest BCUT2D eigenvalue weighted by Crippen LogP contribution is -2.18. The lowest BCUT2D eigenvalue weighted by atomic mass is 10.1. The van der Waals surface area contributed by atoms with Crippen LogP contribution >= 0.6 is 11.8 Å². The summed E-state index contributed by atoms with van der Waals surface area (Å²) in [5.41, 5.74) is 1.44. The highest BCUT2D eigenvalue weighted by Gasteiger charge is 2.31. The summed E-state index contributed by atoms with van der Waals surface area (Å²) in [6.45, 7) is 8.03. The predicted octanol–water partition coefficient (Wildman–Crippen LogP) is 3.71. The third-order valence-electron chi connectivity index (χ3n) is 4.45. The van der Waals surface area contributed by atoms with Crippen molar-refractivity contribution in [1.82, 2.24) is 9.78 Å². The van der Waals surface area contributed by atoms with Crippen LogP contribution in [0.25, 0.3) is 0 Å². The lowest BCUT2D eigenvalue weighted by Gasteiger charge is -2.17. The van der Waals surface area contributed by atoms with Crippen molar-refractivity contribution in [1.29, 1.82) is 0 Å². The molecule has 2 N–H and O–H groups in total. The summed E-state index contributed by atoms with van der Waals surface area (Å²) in [5, 5.41) is 5.61. The maximum Gasteiger partial charge on any atom is 0.270 e. The molecule has 26 heavy (non-hydrogen) atoms. The van der Waals surface area contributed by atoms with Gasteiger partial charge in [-0.15, -0.1) is 11.8 Å². The molecule has 2 unspecified atom stereocenters. The molecule has 7 heteroatoms. The van der Waals surface area contributed by atoms with Crippen LogP contribution in [-0.2, 0) is 4.79 Å². The van der Waals surface area contributed by atoms with Crippen molar-refractivity contribution in [2.24, 2.45) is 0 Å². The van der Waals surface area contributed by atoms with Crippen molar-refractivity contribution in [3.05, 3.63) is 45.7 Å². The zero-order valence-electron chi connectivity index (χ0n) is 15.5. The van der Waals surface area contributed by atoms with Crippen molar-refractivity contribution >= 4 is 23.5 Å². The van der Waals surface area contributed by atoms with Crippen LogP contribution in [-0.4, -0.2) is 27.5 Å². The quantitative estimate of drug-likeness (QED) is 0.835. The van der Waals surface area contributed by atoms with Crippen molar-refractivity contribution in [3.8, 4) is 5.75 Å². The molecule has 0 saturated heterocycles. The molecule has 3 rings (SSSR count). The molecule has 0 fully saturated rings. The zero-order valence-corrected chi connectivity index (χ0v) is 16.4. The normalized spacial score (nSPS) is 18.2. The first kappa shape index (κ1) is 18.6. The van der Waals surface area contributed by atoms with Crippen molar-refractivity contribution in [2.45, 2.75) is 51.5 Å². The molecule has 0 bridgehead atoms. The van der Waals surface area contributed by atoms with Crippen LogP contribution in [0.3, 0.4) is 0 Å². The van der Waals surface area contributed by atoms with Crippen LogP contribution in [0.5, 0.6) is 5.75 Å². The van der Waals surface area contributed by atoms with Gasteiger partial charge in [0, 0.05) is 6.04 Å². The van der Waals surface area contributed by atoms with E-state index in [1.807, 2.05) is 52.0 Å². The van der Waals surface area contributed by atoms with Gasteiger partial charge in [0.15, 0.2) is 0 Å². The summed E-state index contributed by atoms with van der Waals surface area (Å²) >= 11 is 1.47. The van der Waals surface area contributed by atoms with Gasteiger partial charge in [0.2, 0.25) is 5.91 Å². The largest absolute Gasteiger partial charge is 0.491 e. The summed E-state index contributed by atoms with van der Waals surface area (Å²) in [4.78, 5) is 24.9. The van der Waals surface area contributed by atoms with Gasteiger partial charge >= 0.3 is 0 Å². The molecule has 1 aliphatic rings. The zero-order chi connectivity index (χ0) is 18.8. The number of hydrogen-bond donors (Lipinski definition) is 2. The molecular weight excluding hydrogens is 350 g/mol. The first-order valence-electron chi connectivity index (χ1n) is 8.93. The van der Waals surface area contributed by atoms with Gasteiger partial charge in [-0.1, -0.05) is 19.1 Å². The van der Waals surface area contributed by atoms with Gasteiger partial charge in [-0.3, -0.25) is 19.4 Å². The Morgan fingerprint density at radius 2 is 1.92 bits per heavy atom. The van der Waals surface area contributed by atoms with E-state index in [9.17, 15) is 9.59 Å². The number of amides is 1. The highest BCUT2D eigenvalue weighted by atomic mass is 32.2. The number of benzene rings is 1. The maximum atomic E-state index is 12.7. The number of carbonyl (C=O) groups excluding carboxylic acids is 1. The average Bonchev–Trinajstić information content (AvgIpc) is 2.81. The Labute approximate surface area is 157 Å². The number of nitrogens with zero attached hydrogens (tertiary/aromatic N) is 1. The summed E-state index contributed by atoms with van der Waals surface area (Å²) in [6, 6.07) is 7.85. The van der Waals surface area contributed by atoms with E-state index in [-0.39, 0.29) is 28.9 Å². The molecule has 2 aromatic rings. The number of aromatic nitrogens is 2. The first-order chi connectivity index (χ1) is 12.4. The van der Waals surface area contributed by atoms with Gasteiger partial charge < -0.3 is 10.1 Å². The minimum Gasteiger partial charge on any atom is -0.491 e. The van der Waals surface area contributed by atoms with E-state index < -0.39 is 0 Å². The van der Waals surface area contributed by atoms with Crippen LogP contribution in [0.4, 0.5) is 5.82 Å². The van der Waals surface area contributed by atoms with E-state index in [4.69, 9.17) is 4.74 Å². The minimum absolute atomic E-state index is 0.0884. The number of thioether (sulfide) groups is 1. The van der Waals surface area contributed by atoms with Crippen LogP contribution in [0.15, 0.2) is 29.1 Å². The number of H-pyrrole nitrogens is 1. The Hall–Kier alpha value is -2.15. The van der Waals surface area contributed by atoms with E-state index in [2.05, 4.69) is 10.4 Å². The number of hydrogen-bond acceptors (Lipinski definition) is 4. The van der Waals surface area contributed by atoms with Gasteiger partial charge in [0.25, 0.3) is 5.56 Å². The number of anilines is 1. The maximum absolute atomic E-state index is 12.7. The van der Waals surface area contributed by atoms with Crippen LogP contribution in [0.1, 0.15) is 56.5 Å². The number of rotatable bonds is 5. The monoisotopic (exact) mass is 375 g/mol. The molecule has 6 nitrogen and oxygen atoms in total. The van der Waals surface area contributed by atoms with Gasteiger partial charge in [-0.25, -0.2) is 0 Å². The fraction of sp³-hybridized carbons (Fsp3) is 0.474. The Bertz CT molecular complexity index is 839. The predicted molar refractivity (Wildman–Crippen MR) is 105 cm³/mol. The summed E-state index contributed by atoms with van der Waals surface area (Å²) in [7, 11) is 0. The lowest BCUT2D eigenvalue weighted by molar-refractivity contribution is -0.113. The minimum atomic E-state index is -0.203. The van der Waals surface area contributed by atoms with E-state index in [1.54, 1.807) is 4.68 Å². The fourth-order valence-corrected chi connectivity index (χ4v) is 4.14. The Balaban J connectivity index is 2.03. The van der Waals surface area contributed by atoms with Crippen molar-refractivity contribution in [3.63, 3.8) is 0 Å². The number of fused-ring (bicyclic) bond motifs is 1. The molecular formula is C19H25N3O3S. The fourth-order valence-electron chi connectivity index (χ4n) is 3.01. The van der Waals surface area contributed by atoms with Gasteiger partial charge in [-0.05, 0) is 44.9 Å². The van der Waals surface area contributed by atoms with Crippen LogP contribution in [0.2, 0.25) is 0 Å². The molecule has 2 heterocycles. The second-order valence-corrected chi connectivity index (χ2v) is 7.90. The van der Waals surface area contributed by atoms with E-state index in [0.717, 1.165) is 17.7 Å². The number of nitrogens with one attached hydrogen (secondary N) is 2. The summed E-state index contributed by atoms with van der Waals surface area (Å²) in [6.07, 6.45) is 0.959. The molecule has 1 aliphatic heterocycles. The Morgan fingerprint density at radius 3 is 2.54 bits per heavy atom. The van der Waals surface area contributed by atoms with Gasteiger partial charge in [0.1, 0.15) is 11.6 Å². The smallest absolute Gasteiger partial charge is 0.270 e. The van der Waals surface area contributed by atoms with Gasteiger partial charge in [0.05, 0.1) is 22.7 Å². The topological polar surface area (TPSA) is 76.1 Å². The van der Waals surface area contributed by atoms with E-state index >= 15 is 0 Å². The first-order valence-corrected chi connectivity index (χ1v) is 9.98. The van der Waals surface area contributed by atoms with Crippen molar-refractivity contribution < 1.29 is 9.53 Å². The molecule has 1 amide bonds. The van der Waals surface area contributed by atoms with E-state index in [1.165, 1.54) is 11.8 Å². The standard InChI is InChI=1S/C19H25N3O3S/c1-5-12(4)22-18-16(19(24)21-22)17(26-10-15(23)20-18)13-6-8-14(9-7-13)25-11(2)3/h6-9,11-12,17H,5,10H2,1-4H3,(H,20,23)(H,21,24).